The third-order valence-electron chi connectivity index (χ3n) is 6.17. The van der Waals surface area contributed by atoms with Gasteiger partial charge in [-0.15, -0.1) is 0 Å². The maximum absolute atomic E-state index is 12.6. The summed E-state index contributed by atoms with van der Waals surface area (Å²) in [5, 5.41) is 0.0987. The smallest absolute Gasteiger partial charge is 0.410 e. The Labute approximate surface area is 175 Å². The van der Waals surface area contributed by atoms with Gasteiger partial charge in [-0.05, 0) is 24.6 Å². The second-order valence-corrected chi connectivity index (χ2v) is 14.1. The Morgan fingerprint density at radius 1 is 1.03 bits per heavy atom. The highest BCUT2D eigenvalue weighted by Gasteiger charge is 2.49. The van der Waals surface area contributed by atoms with Crippen molar-refractivity contribution in [2.24, 2.45) is 5.92 Å². The Morgan fingerprint density at radius 3 is 2.10 bits per heavy atom. The summed E-state index contributed by atoms with van der Waals surface area (Å²) in [6, 6.07) is -0.00876. The molecular weight excluding hydrogens is 388 g/mol. The molecular formula is C21H36N2O5Si. The summed E-state index contributed by atoms with van der Waals surface area (Å²) in [5.41, 5.74) is 0. The minimum Gasteiger partial charge on any atom is -0.445 e. The second-order valence-electron chi connectivity index (χ2n) is 9.35. The summed E-state index contributed by atoms with van der Waals surface area (Å²) < 4.78 is 17.0. The van der Waals surface area contributed by atoms with E-state index >= 15 is 0 Å². The summed E-state index contributed by atoms with van der Waals surface area (Å²) >= 11 is 0. The molecule has 0 aliphatic carbocycles. The molecule has 0 aromatic heterocycles. The van der Waals surface area contributed by atoms with Crippen LogP contribution in [0.25, 0.3) is 0 Å². The molecule has 7 nitrogen and oxygen atoms in total. The molecule has 2 fully saturated rings. The van der Waals surface area contributed by atoms with Crippen LogP contribution < -0.4 is 0 Å². The van der Waals surface area contributed by atoms with E-state index in [0.29, 0.717) is 19.6 Å². The first kappa shape index (κ1) is 23.5. The number of carbonyl (C=O) groups is 2. The van der Waals surface area contributed by atoms with E-state index in [2.05, 4.69) is 47.0 Å². The Kier molecular flexibility index (Phi) is 7.56. The number of hydrogen-bond donors (Lipinski definition) is 0. The normalized spacial score (nSPS) is 22.8. The minimum atomic E-state index is -1.95. The van der Waals surface area contributed by atoms with E-state index < -0.39 is 8.32 Å². The maximum Gasteiger partial charge on any atom is 0.410 e. The molecule has 8 heteroatoms. The Morgan fingerprint density at radius 2 is 1.59 bits per heavy atom. The van der Waals surface area contributed by atoms with Gasteiger partial charge in [-0.3, -0.25) is 0 Å². The fourth-order valence-electron chi connectivity index (χ4n) is 3.50. The fourth-order valence-corrected chi connectivity index (χ4v) is 4.86. The van der Waals surface area contributed by atoms with Crippen LogP contribution in [-0.2, 0) is 13.9 Å². The first-order valence-electron chi connectivity index (χ1n) is 10.2. The van der Waals surface area contributed by atoms with Crippen LogP contribution >= 0.6 is 0 Å². The zero-order chi connectivity index (χ0) is 21.8. The molecule has 0 spiro atoms. The average Bonchev–Trinajstić information content (AvgIpc) is 2.98. The molecule has 29 heavy (non-hydrogen) atoms. The van der Waals surface area contributed by atoms with Gasteiger partial charge in [0.05, 0.1) is 6.10 Å². The molecule has 2 rings (SSSR count). The van der Waals surface area contributed by atoms with Gasteiger partial charge >= 0.3 is 12.2 Å². The van der Waals surface area contributed by atoms with Crippen LogP contribution in [0.3, 0.4) is 0 Å². The van der Waals surface area contributed by atoms with Gasteiger partial charge in [0, 0.05) is 31.6 Å². The number of likely N-dealkylation sites (tertiary alicyclic amines) is 2. The zero-order valence-corrected chi connectivity index (χ0v) is 19.5. The van der Waals surface area contributed by atoms with Crippen molar-refractivity contribution in [2.45, 2.75) is 57.5 Å². The van der Waals surface area contributed by atoms with Gasteiger partial charge < -0.3 is 23.7 Å². The van der Waals surface area contributed by atoms with Gasteiger partial charge in [0.2, 0.25) is 0 Å². The summed E-state index contributed by atoms with van der Waals surface area (Å²) in [6.07, 6.45) is 3.17. The van der Waals surface area contributed by atoms with E-state index in [4.69, 9.17) is 13.9 Å². The number of carbonyl (C=O) groups excluding carboxylic acids is 2. The highest BCUT2D eigenvalue weighted by Crippen LogP contribution is 2.40. The third kappa shape index (κ3) is 5.63. The molecule has 2 heterocycles. The lowest BCUT2D eigenvalue weighted by Gasteiger charge is -2.43. The van der Waals surface area contributed by atoms with Crippen LogP contribution in [0.2, 0.25) is 18.1 Å². The molecule has 0 N–H and O–H groups in total. The van der Waals surface area contributed by atoms with E-state index in [1.165, 1.54) is 0 Å². The highest BCUT2D eigenvalue weighted by molar-refractivity contribution is 6.74. The van der Waals surface area contributed by atoms with Gasteiger partial charge in [0.1, 0.15) is 13.2 Å². The van der Waals surface area contributed by atoms with Gasteiger partial charge in [-0.25, -0.2) is 9.59 Å². The molecule has 0 unspecified atom stereocenters. The minimum absolute atomic E-state index is 0.00876. The quantitative estimate of drug-likeness (QED) is 0.456. The fraction of sp³-hybridized carbons (Fsp3) is 0.714. The summed E-state index contributed by atoms with van der Waals surface area (Å²) in [7, 11) is -1.95. The van der Waals surface area contributed by atoms with Crippen molar-refractivity contribution in [2.75, 3.05) is 32.8 Å². The molecule has 0 radical (unpaired) electrons. The van der Waals surface area contributed by atoms with Crippen molar-refractivity contribution in [1.29, 1.82) is 0 Å². The largest absolute Gasteiger partial charge is 0.445 e. The number of rotatable bonds is 7. The standard InChI is InChI=1S/C21H36N2O5Si/c1-8-10-26-19(24)22-13-16(14-22)18-12-17(28-29(6,7)21(3,4)5)15-23(18)20(25)27-11-9-2/h8-9,16-18H,1-2,10-15H2,3-7H3/t17-,18+/m1/s1. The molecule has 2 atom stereocenters. The number of ether oxygens (including phenoxy) is 2. The number of nitrogens with zero attached hydrogens (tertiary/aromatic N) is 2. The van der Waals surface area contributed by atoms with Gasteiger partial charge in [-0.2, -0.15) is 0 Å². The molecule has 0 aromatic carbocycles. The van der Waals surface area contributed by atoms with Gasteiger partial charge in [-0.1, -0.05) is 46.1 Å². The summed E-state index contributed by atoms with van der Waals surface area (Å²) in [4.78, 5) is 28.0. The molecule has 164 valence electrons. The molecule has 2 amide bonds. The van der Waals surface area contributed by atoms with Gasteiger partial charge in [0.25, 0.3) is 0 Å². The van der Waals surface area contributed by atoms with Crippen LogP contribution in [0.4, 0.5) is 9.59 Å². The predicted octanol–water partition coefficient (Wildman–Crippen LogP) is 4.03. The third-order valence-corrected chi connectivity index (χ3v) is 10.7. The van der Waals surface area contributed by atoms with Crippen LogP contribution in [-0.4, -0.2) is 75.3 Å². The Balaban J connectivity index is 2.03. The SMILES string of the molecule is C=CCOC(=O)N1CC([C@@H]2C[C@@H](O[Si](C)(C)C(C)(C)C)CN2C(=O)OCC=C)C1. The first-order chi connectivity index (χ1) is 13.5. The van der Waals surface area contributed by atoms with Crippen molar-refractivity contribution in [3.05, 3.63) is 25.3 Å². The summed E-state index contributed by atoms with van der Waals surface area (Å²) in [5.74, 6) is 0.190. The van der Waals surface area contributed by atoms with Crippen LogP contribution in [0, 0.1) is 5.92 Å². The van der Waals surface area contributed by atoms with Crippen LogP contribution in [0.5, 0.6) is 0 Å². The number of hydrogen-bond acceptors (Lipinski definition) is 5. The predicted molar refractivity (Wildman–Crippen MR) is 115 cm³/mol. The topological polar surface area (TPSA) is 68.3 Å². The lowest BCUT2D eigenvalue weighted by molar-refractivity contribution is 0.0248. The molecule has 0 saturated carbocycles. The number of amides is 2. The van der Waals surface area contributed by atoms with Crippen molar-refractivity contribution < 1.29 is 23.5 Å². The van der Waals surface area contributed by atoms with Crippen molar-refractivity contribution in [3.63, 3.8) is 0 Å². The van der Waals surface area contributed by atoms with E-state index in [-0.39, 0.29) is 48.5 Å². The average molecular weight is 425 g/mol. The molecule has 0 aromatic rings. The van der Waals surface area contributed by atoms with Crippen LogP contribution in [0.1, 0.15) is 27.2 Å². The monoisotopic (exact) mass is 424 g/mol. The molecule has 2 aliphatic heterocycles. The maximum atomic E-state index is 12.6. The first-order valence-corrected chi connectivity index (χ1v) is 13.2. The van der Waals surface area contributed by atoms with E-state index in [1.54, 1.807) is 22.0 Å². The Bertz CT molecular complexity index is 625. The lowest BCUT2D eigenvalue weighted by atomic mass is 9.90. The highest BCUT2D eigenvalue weighted by atomic mass is 28.4. The van der Waals surface area contributed by atoms with Gasteiger partial charge in [0.15, 0.2) is 8.32 Å². The second kappa shape index (κ2) is 9.34. The lowest BCUT2D eigenvalue weighted by Crippen LogP contribution is -2.57. The van der Waals surface area contributed by atoms with Crippen LogP contribution in [0.15, 0.2) is 25.3 Å². The van der Waals surface area contributed by atoms with E-state index in [1.807, 2.05) is 0 Å². The zero-order valence-electron chi connectivity index (χ0n) is 18.5. The van der Waals surface area contributed by atoms with E-state index in [9.17, 15) is 9.59 Å². The Hall–Kier alpha value is -1.80. The summed E-state index contributed by atoms with van der Waals surface area (Å²) in [6.45, 7) is 20.3. The molecule has 0 bridgehead atoms. The van der Waals surface area contributed by atoms with Crippen molar-refractivity contribution >= 4 is 20.5 Å². The van der Waals surface area contributed by atoms with E-state index in [0.717, 1.165) is 6.42 Å². The molecule has 2 aliphatic rings. The van der Waals surface area contributed by atoms with Crippen molar-refractivity contribution in [3.8, 4) is 0 Å². The van der Waals surface area contributed by atoms with Crippen molar-refractivity contribution in [1.82, 2.24) is 9.80 Å². The molecule has 2 saturated heterocycles.